The summed E-state index contributed by atoms with van der Waals surface area (Å²) in [6.07, 6.45) is 8.08. The van der Waals surface area contributed by atoms with E-state index < -0.39 is 11.4 Å². The van der Waals surface area contributed by atoms with Gasteiger partial charge in [0.15, 0.2) is 0 Å². The van der Waals surface area contributed by atoms with Gasteiger partial charge in [-0.25, -0.2) is 4.98 Å². The summed E-state index contributed by atoms with van der Waals surface area (Å²) in [5.41, 5.74) is 0.764. The molecule has 2 aromatic rings. The number of rotatable bonds is 4. The number of aromatic nitrogens is 2. The molecule has 2 aliphatic heterocycles. The van der Waals surface area contributed by atoms with Crippen molar-refractivity contribution in [3.63, 3.8) is 0 Å². The lowest BCUT2D eigenvalue weighted by molar-refractivity contribution is -0.151. The average Bonchev–Trinajstić information content (AvgIpc) is 3.36. The molecule has 2 bridgehead atoms. The maximum absolute atomic E-state index is 13.0. The van der Waals surface area contributed by atoms with Gasteiger partial charge < -0.3 is 14.6 Å². The van der Waals surface area contributed by atoms with Crippen molar-refractivity contribution < 1.29 is 14.7 Å². The van der Waals surface area contributed by atoms with Crippen LogP contribution in [0.5, 0.6) is 0 Å². The molecule has 1 aromatic carbocycles. The number of carboxylic acids is 1. The molecule has 6 heteroatoms. The van der Waals surface area contributed by atoms with E-state index in [2.05, 4.69) is 4.98 Å². The largest absolute Gasteiger partial charge is 0.481 e. The number of amides is 1. The number of benzene rings is 1. The molecule has 2 saturated heterocycles. The molecular weight excluding hydrogens is 318 g/mol. The number of hydrogen-bond donors (Lipinski definition) is 1. The Morgan fingerprint density at radius 1 is 1.28 bits per heavy atom. The highest BCUT2D eigenvalue weighted by Crippen LogP contribution is 2.52. The van der Waals surface area contributed by atoms with Crippen LogP contribution in [0.15, 0.2) is 43.0 Å². The molecule has 0 radical (unpaired) electrons. The number of carboxylic acid groups (broad SMARTS) is 1. The number of imidazole rings is 1. The van der Waals surface area contributed by atoms with Crippen LogP contribution >= 0.6 is 0 Å². The smallest absolute Gasteiger partial charge is 0.311 e. The van der Waals surface area contributed by atoms with Crippen molar-refractivity contribution in [3.8, 4) is 5.69 Å². The van der Waals surface area contributed by atoms with Crippen LogP contribution in [0.1, 0.15) is 43.0 Å². The number of carbonyl (C=O) groups is 2. The summed E-state index contributed by atoms with van der Waals surface area (Å²) in [6, 6.07) is 7.24. The van der Waals surface area contributed by atoms with Crippen LogP contribution in [0, 0.1) is 5.41 Å². The van der Waals surface area contributed by atoms with E-state index in [0.717, 1.165) is 18.5 Å². The Morgan fingerprint density at radius 2 is 2.04 bits per heavy atom. The van der Waals surface area contributed by atoms with E-state index in [9.17, 15) is 14.7 Å². The number of carbonyl (C=O) groups excluding carboxylic acids is 1. The van der Waals surface area contributed by atoms with Crippen molar-refractivity contribution in [2.45, 2.75) is 44.7 Å². The Morgan fingerprint density at radius 3 is 2.60 bits per heavy atom. The van der Waals surface area contributed by atoms with Crippen molar-refractivity contribution in [2.75, 3.05) is 0 Å². The molecule has 3 heterocycles. The van der Waals surface area contributed by atoms with E-state index in [0.29, 0.717) is 18.4 Å². The fraction of sp³-hybridized carbons (Fsp3) is 0.421. The highest BCUT2D eigenvalue weighted by Gasteiger charge is 2.60. The lowest BCUT2D eigenvalue weighted by atomic mass is 9.72. The second-order valence-corrected chi connectivity index (χ2v) is 7.00. The monoisotopic (exact) mass is 339 g/mol. The van der Waals surface area contributed by atoms with Crippen LogP contribution in [-0.2, 0) is 4.79 Å². The summed E-state index contributed by atoms with van der Waals surface area (Å²) in [5.74, 6) is -0.822. The molecule has 1 N–H and O–H groups in total. The van der Waals surface area contributed by atoms with Gasteiger partial charge in [0, 0.05) is 35.7 Å². The highest BCUT2D eigenvalue weighted by atomic mass is 16.4. The van der Waals surface area contributed by atoms with Gasteiger partial charge in [-0.3, -0.25) is 9.59 Å². The van der Waals surface area contributed by atoms with Gasteiger partial charge in [0.2, 0.25) is 0 Å². The molecule has 1 aromatic heterocycles. The van der Waals surface area contributed by atoms with Gasteiger partial charge >= 0.3 is 5.97 Å². The SMILES string of the molecule is CC[C@@]1(C(=O)O)C[C@@H]2CC[C@H]1N2C(=O)c1ccc(-n2ccnc2)cc1. The maximum atomic E-state index is 13.0. The van der Waals surface area contributed by atoms with E-state index in [1.165, 1.54) is 0 Å². The van der Waals surface area contributed by atoms with E-state index in [1.54, 1.807) is 12.5 Å². The Balaban J connectivity index is 1.60. The molecule has 0 aliphatic carbocycles. The average molecular weight is 339 g/mol. The van der Waals surface area contributed by atoms with Gasteiger partial charge in [-0.15, -0.1) is 0 Å². The van der Waals surface area contributed by atoms with E-state index in [4.69, 9.17) is 0 Å². The first-order chi connectivity index (χ1) is 12.1. The van der Waals surface area contributed by atoms with E-state index >= 15 is 0 Å². The van der Waals surface area contributed by atoms with E-state index in [-0.39, 0.29) is 18.0 Å². The Bertz CT molecular complexity index is 800. The zero-order chi connectivity index (χ0) is 17.6. The zero-order valence-corrected chi connectivity index (χ0v) is 14.1. The summed E-state index contributed by atoms with van der Waals surface area (Å²) in [5, 5.41) is 9.75. The number of aliphatic carboxylic acids is 1. The van der Waals surface area contributed by atoms with Crippen LogP contribution in [0.3, 0.4) is 0 Å². The summed E-state index contributed by atoms with van der Waals surface area (Å²) in [6.45, 7) is 1.91. The minimum Gasteiger partial charge on any atom is -0.481 e. The van der Waals surface area contributed by atoms with Crippen LogP contribution in [0.2, 0.25) is 0 Å². The predicted molar refractivity (Wildman–Crippen MR) is 91.5 cm³/mol. The molecular formula is C19H21N3O3. The molecule has 0 saturated carbocycles. The molecule has 4 rings (SSSR count). The van der Waals surface area contributed by atoms with Gasteiger partial charge in [0.1, 0.15) is 0 Å². The third-order valence-electron chi connectivity index (χ3n) is 5.95. The van der Waals surface area contributed by atoms with Crippen molar-refractivity contribution in [3.05, 3.63) is 48.5 Å². The molecule has 25 heavy (non-hydrogen) atoms. The normalized spacial score (nSPS) is 27.6. The summed E-state index contributed by atoms with van der Waals surface area (Å²) in [7, 11) is 0. The van der Waals surface area contributed by atoms with Crippen molar-refractivity contribution in [2.24, 2.45) is 5.41 Å². The first-order valence-corrected chi connectivity index (χ1v) is 8.71. The molecule has 2 aliphatic rings. The lowest BCUT2D eigenvalue weighted by Gasteiger charge is -2.32. The fourth-order valence-corrected chi connectivity index (χ4v) is 4.59. The van der Waals surface area contributed by atoms with Crippen molar-refractivity contribution in [1.82, 2.24) is 14.5 Å². The van der Waals surface area contributed by atoms with Gasteiger partial charge in [-0.1, -0.05) is 6.92 Å². The minimum absolute atomic E-state index is 0.0434. The lowest BCUT2D eigenvalue weighted by Crippen LogP contribution is -2.44. The molecule has 0 spiro atoms. The molecule has 6 nitrogen and oxygen atoms in total. The highest BCUT2D eigenvalue weighted by molar-refractivity contribution is 5.96. The van der Waals surface area contributed by atoms with Gasteiger partial charge in [0.25, 0.3) is 5.91 Å². The van der Waals surface area contributed by atoms with E-state index in [1.807, 2.05) is 46.9 Å². The van der Waals surface area contributed by atoms with Crippen LogP contribution in [0.25, 0.3) is 5.69 Å². The van der Waals surface area contributed by atoms with Crippen LogP contribution in [0.4, 0.5) is 0 Å². The second-order valence-electron chi connectivity index (χ2n) is 7.00. The number of nitrogens with zero attached hydrogens (tertiary/aromatic N) is 3. The quantitative estimate of drug-likeness (QED) is 0.929. The van der Waals surface area contributed by atoms with Crippen molar-refractivity contribution >= 4 is 11.9 Å². The molecule has 0 unspecified atom stereocenters. The molecule has 3 atom stereocenters. The van der Waals surface area contributed by atoms with Gasteiger partial charge in [-0.05, 0) is 49.9 Å². The first kappa shape index (κ1) is 15.9. The van der Waals surface area contributed by atoms with Crippen LogP contribution in [-0.4, -0.2) is 43.5 Å². The van der Waals surface area contributed by atoms with Crippen LogP contribution < -0.4 is 0 Å². The number of hydrogen-bond acceptors (Lipinski definition) is 3. The zero-order valence-electron chi connectivity index (χ0n) is 14.1. The third kappa shape index (κ3) is 2.27. The third-order valence-corrected chi connectivity index (χ3v) is 5.95. The summed E-state index contributed by atoms with van der Waals surface area (Å²) in [4.78, 5) is 30.8. The van der Waals surface area contributed by atoms with Gasteiger partial charge in [-0.2, -0.15) is 0 Å². The molecule has 2 fully saturated rings. The Labute approximate surface area is 146 Å². The number of fused-ring (bicyclic) bond motifs is 2. The summed E-state index contributed by atoms with van der Waals surface area (Å²) < 4.78 is 1.88. The predicted octanol–water partition coefficient (Wildman–Crippen LogP) is 2.73. The summed E-state index contributed by atoms with van der Waals surface area (Å²) >= 11 is 0. The minimum atomic E-state index is -0.782. The Kier molecular flexibility index (Phi) is 3.63. The fourth-order valence-electron chi connectivity index (χ4n) is 4.59. The van der Waals surface area contributed by atoms with Gasteiger partial charge in [0.05, 0.1) is 11.7 Å². The molecule has 130 valence electrons. The Hall–Kier alpha value is -2.63. The first-order valence-electron chi connectivity index (χ1n) is 8.71. The topological polar surface area (TPSA) is 75.4 Å². The standard InChI is InChI=1S/C19H21N3O3/c1-2-19(18(24)25)11-15-7-8-16(19)22(15)17(23)13-3-5-14(6-4-13)21-10-9-20-12-21/h3-6,9-10,12,15-16H,2,7-8,11H2,1H3,(H,24,25)/t15-,16+,19+/m0/s1. The second kappa shape index (κ2) is 5.72. The maximum Gasteiger partial charge on any atom is 0.311 e. The molecule has 1 amide bonds. The van der Waals surface area contributed by atoms with Crippen molar-refractivity contribution in [1.29, 1.82) is 0 Å².